The summed E-state index contributed by atoms with van der Waals surface area (Å²) in [5, 5.41) is 9.50. The molecule has 17 heavy (non-hydrogen) atoms. The lowest BCUT2D eigenvalue weighted by Crippen LogP contribution is -2.14. The van der Waals surface area contributed by atoms with Crippen molar-refractivity contribution in [2.45, 2.75) is 25.9 Å². The van der Waals surface area contributed by atoms with Crippen molar-refractivity contribution in [3.05, 3.63) is 59.2 Å². The molecule has 1 aliphatic rings. The lowest BCUT2D eigenvalue weighted by Gasteiger charge is -2.21. The zero-order chi connectivity index (χ0) is 12.0. The van der Waals surface area contributed by atoms with Gasteiger partial charge in [-0.1, -0.05) is 56.3 Å². The molecule has 0 amide bonds. The Morgan fingerprint density at radius 1 is 0.941 bits per heavy atom. The van der Waals surface area contributed by atoms with E-state index in [1.165, 1.54) is 22.3 Å². The minimum atomic E-state index is 0.0388. The van der Waals surface area contributed by atoms with Crippen molar-refractivity contribution in [1.29, 1.82) is 0 Å². The van der Waals surface area contributed by atoms with E-state index in [-0.39, 0.29) is 12.0 Å². The Kier molecular flexibility index (Phi) is 2.14. The Morgan fingerprint density at radius 3 is 2.41 bits per heavy atom. The first kappa shape index (κ1) is 10.5. The summed E-state index contributed by atoms with van der Waals surface area (Å²) in [7, 11) is 0. The van der Waals surface area contributed by atoms with Gasteiger partial charge < -0.3 is 5.11 Å². The van der Waals surface area contributed by atoms with E-state index < -0.39 is 0 Å². The fourth-order valence-corrected chi connectivity index (χ4v) is 2.96. The summed E-state index contributed by atoms with van der Waals surface area (Å²) in [5.74, 6) is 0. The van der Waals surface area contributed by atoms with Gasteiger partial charge in [0.2, 0.25) is 0 Å². The Labute approximate surface area is 102 Å². The number of aliphatic hydroxyl groups excluding tert-OH is 1. The van der Waals surface area contributed by atoms with Gasteiger partial charge in [0.15, 0.2) is 0 Å². The van der Waals surface area contributed by atoms with E-state index in [0.29, 0.717) is 0 Å². The fourth-order valence-electron chi connectivity index (χ4n) is 2.96. The standard InChI is InChI=1S/C16H16O/c1-16(2)13-8-4-3-7-12(13)15-11(10-17)6-5-9-14(15)16/h3-9,17H,10H2,1-2H3. The van der Waals surface area contributed by atoms with Crippen LogP contribution in [-0.4, -0.2) is 5.11 Å². The number of fused-ring (bicyclic) bond motifs is 3. The Morgan fingerprint density at radius 2 is 1.65 bits per heavy atom. The zero-order valence-corrected chi connectivity index (χ0v) is 10.2. The number of aliphatic hydroxyl groups is 1. The quantitative estimate of drug-likeness (QED) is 0.786. The van der Waals surface area contributed by atoms with Gasteiger partial charge in [-0.15, -0.1) is 0 Å². The Hall–Kier alpha value is -1.60. The van der Waals surface area contributed by atoms with Crippen LogP contribution in [0.1, 0.15) is 30.5 Å². The van der Waals surface area contributed by atoms with Gasteiger partial charge >= 0.3 is 0 Å². The Balaban J connectivity index is 2.41. The molecule has 0 atom stereocenters. The maximum absolute atomic E-state index is 9.50. The van der Waals surface area contributed by atoms with Crippen LogP contribution in [0, 0.1) is 0 Å². The van der Waals surface area contributed by atoms with Crippen LogP contribution in [0.25, 0.3) is 11.1 Å². The van der Waals surface area contributed by atoms with Gasteiger partial charge in [0.25, 0.3) is 0 Å². The van der Waals surface area contributed by atoms with Gasteiger partial charge in [0.05, 0.1) is 6.61 Å². The lowest BCUT2D eigenvalue weighted by atomic mass is 9.82. The van der Waals surface area contributed by atoms with Gasteiger partial charge in [0.1, 0.15) is 0 Å². The molecule has 1 heteroatoms. The highest BCUT2D eigenvalue weighted by Gasteiger charge is 2.35. The first-order valence-corrected chi connectivity index (χ1v) is 5.99. The molecular formula is C16H16O. The first-order chi connectivity index (χ1) is 8.16. The van der Waals surface area contributed by atoms with Gasteiger partial charge in [-0.05, 0) is 27.8 Å². The summed E-state index contributed by atoms with van der Waals surface area (Å²) in [5.41, 5.74) is 6.26. The highest BCUT2D eigenvalue weighted by atomic mass is 16.3. The summed E-state index contributed by atoms with van der Waals surface area (Å²) in [4.78, 5) is 0. The van der Waals surface area contributed by atoms with Crippen LogP contribution < -0.4 is 0 Å². The molecule has 2 aromatic rings. The molecular weight excluding hydrogens is 208 g/mol. The van der Waals surface area contributed by atoms with Crippen LogP contribution in [0.15, 0.2) is 42.5 Å². The molecule has 1 aliphatic carbocycles. The van der Waals surface area contributed by atoms with Crippen LogP contribution in [-0.2, 0) is 12.0 Å². The highest BCUT2D eigenvalue weighted by Crippen LogP contribution is 2.49. The third-order valence-electron chi connectivity index (χ3n) is 3.86. The van der Waals surface area contributed by atoms with E-state index in [0.717, 1.165) is 5.56 Å². The van der Waals surface area contributed by atoms with Crippen LogP contribution in [0.3, 0.4) is 0 Å². The average molecular weight is 224 g/mol. The molecule has 0 radical (unpaired) electrons. The minimum Gasteiger partial charge on any atom is -0.392 e. The predicted octanol–water partition coefficient (Wildman–Crippen LogP) is 3.49. The molecule has 0 spiro atoms. The van der Waals surface area contributed by atoms with Gasteiger partial charge in [-0.25, -0.2) is 0 Å². The number of hydrogen-bond acceptors (Lipinski definition) is 1. The summed E-state index contributed by atoms with van der Waals surface area (Å²) in [6, 6.07) is 14.7. The van der Waals surface area contributed by atoms with Crippen molar-refractivity contribution >= 4 is 0 Å². The fraction of sp³-hybridized carbons (Fsp3) is 0.250. The maximum Gasteiger partial charge on any atom is 0.0687 e. The summed E-state index contributed by atoms with van der Waals surface area (Å²) in [6.45, 7) is 4.60. The topological polar surface area (TPSA) is 20.2 Å². The molecule has 0 fully saturated rings. The van der Waals surface area contributed by atoms with Crippen LogP contribution >= 0.6 is 0 Å². The number of benzene rings is 2. The minimum absolute atomic E-state index is 0.0388. The van der Waals surface area contributed by atoms with E-state index in [1.807, 2.05) is 12.1 Å². The van der Waals surface area contributed by atoms with Crippen molar-refractivity contribution in [3.8, 4) is 11.1 Å². The van der Waals surface area contributed by atoms with E-state index in [1.54, 1.807) is 0 Å². The molecule has 3 rings (SSSR count). The monoisotopic (exact) mass is 224 g/mol. The third-order valence-corrected chi connectivity index (χ3v) is 3.86. The van der Waals surface area contributed by atoms with E-state index in [4.69, 9.17) is 0 Å². The zero-order valence-electron chi connectivity index (χ0n) is 10.2. The van der Waals surface area contributed by atoms with Crippen molar-refractivity contribution in [2.75, 3.05) is 0 Å². The number of hydrogen-bond donors (Lipinski definition) is 1. The molecule has 2 aromatic carbocycles. The maximum atomic E-state index is 9.50. The molecule has 0 unspecified atom stereocenters. The molecule has 86 valence electrons. The summed E-state index contributed by atoms with van der Waals surface area (Å²) in [6.07, 6.45) is 0. The SMILES string of the molecule is CC1(C)c2ccccc2-c2c(CO)cccc21. The predicted molar refractivity (Wildman–Crippen MR) is 69.9 cm³/mol. The molecule has 1 nitrogen and oxygen atoms in total. The largest absolute Gasteiger partial charge is 0.392 e. The average Bonchev–Trinajstić information content (AvgIpc) is 2.60. The lowest BCUT2D eigenvalue weighted by molar-refractivity contribution is 0.282. The highest BCUT2D eigenvalue weighted by molar-refractivity contribution is 5.82. The van der Waals surface area contributed by atoms with Crippen molar-refractivity contribution in [3.63, 3.8) is 0 Å². The molecule has 0 aliphatic heterocycles. The second kappa shape index (κ2) is 3.44. The van der Waals surface area contributed by atoms with Gasteiger partial charge in [-0.3, -0.25) is 0 Å². The van der Waals surface area contributed by atoms with Gasteiger partial charge in [-0.2, -0.15) is 0 Å². The number of rotatable bonds is 1. The normalized spacial score (nSPS) is 15.5. The van der Waals surface area contributed by atoms with Crippen LogP contribution in [0.5, 0.6) is 0 Å². The summed E-state index contributed by atoms with van der Waals surface area (Å²) >= 11 is 0. The first-order valence-electron chi connectivity index (χ1n) is 5.99. The molecule has 0 bridgehead atoms. The van der Waals surface area contributed by atoms with Crippen molar-refractivity contribution < 1.29 is 5.11 Å². The van der Waals surface area contributed by atoms with Crippen molar-refractivity contribution in [1.82, 2.24) is 0 Å². The van der Waals surface area contributed by atoms with E-state index >= 15 is 0 Å². The molecule has 1 N–H and O–H groups in total. The molecule has 0 saturated heterocycles. The molecule has 0 aromatic heterocycles. The second-order valence-electron chi connectivity index (χ2n) is 5.17. The van der Waals surface area contributed by atoms with Crippen LogP contribution in [0.4, 0.5) is 0 Å². The van der Waals surface area contributed by atoms with Crippen molar-refractivity contribution in [2.24, 2.45) is 0 Å². The summed E-state index contributed by atoms with van der Waals surface area (Å²) < 4.78 is 0. The van der Waals surface area contributed by atoms with E-state index in [9.17, 15) is 5.11 Å². The molecule has 0 saturated carbocycles. The van der Waals surface area contributed by atoms with E-state index in [2.05, 4.69) is 44.2 Å². The van der Waals surface area contributed by atoms with Gasteiger partial charge in [0, 0.05) is 5.41 Å². The third kappa shape index (κ3) is 1.29. The molecule has 0 heterocycles. The Bertz CT molecular complexity index is 582. The smallest absolute Gasteiger partial charge is 0.0687 e. The second-order valence-corrected chi connectivity index (χ2v) is 5.17. The van der Waals surface area contributed by atoms with Crippen LogP contribution in [0.2, 0.25) is 0 Å².